The molecule has 0 aromatic heterocycles. The van der Waals surface area contributed by atoms with Crippen LogP contribution < -0.4 is 4.74 Å². The number of likely N-dealkylation sites (N-methyl/N-ethyl adjacent to an activating group) is 1. The third-order valence-corrected chi connectivity index (χ3v) is 5.48. The fraction of sp³-hybridized carbons (Fsp3) is 0.571. The van der Waals surface area contributed by atoms with Crippen molar-refractivity contribution < 1.29 is 19.1 Å². The molecule has 28 heavy (non-hydrogen) atoms. The Morgan fingerprint density at radius 2 is 1.75 bits per heavy atom. The predicted molar refractivity (Wildman–Crippen MR) is 105 cm³/mol. The molecule has 1 atom stereocenters. The summed E-state index contributed by atoms with van der Waals surface area (Å²) in [6, 6.07) is 7.95. The summed E-state index contributed by atoms with van der Waals surface area (Å²) in [4.78, 5) is 41.6. The highest BCUT2D eigenvalue weighted by Crippen LogP contribution is 2.20. The van der Waals surface area contributed by atoms with Crippen LogP contribution in [0.5, 0.6) is 5.75 Å². The number of hydrogen-bond donors (Lipinski definition) is 0. The standard InChI is InChI=1S/C21H29N3O4/c1-3-22-11-12-24(21(27)20(22)26)14-19(25)23-10-4-5-17(13-23)15-28-18-8-6-16(2)7-9-18/h6-9,17H,3-5,10-15H2,1-2H3. The molecular weight excluding hydrogens is 358 g/mol. The second kappa shape index (κ2) is 9.08. The second-order valence-corrected chi connectivity index (χ2v) is 7.58. The molecule has 3 rings (SSSR count). The summed E-state index contributed by atoms with van der Waals surface area (Å²) in [6.45, 7) is 7.17. The number of carbonyl (C=O) groups excluding carboxylic acids is 3. The highest BCUT2D eigenvalue weighted by molar-refractivity contribution is 6.35. The molecule has 1 unspecified atom stereocenters. The van der Waals surface area contributed by atoms with Crippen LogP contribution in [0.15, 0.2) is 24.3 Å². The molecule has 0 bridgehead atoms. The largest absolute Gasteiger partial charge is 0.493 e. The molecule has 0 aliphatic carbocycles. The lowest BCUT2D eigenvalue weighted by Gasteiger charge is -2.36. The van der Waals surface area contributed by atoms with Crippen molar-refractivity contribution in [2.24, 2.45) is 5.92 Å². The molecule has 2 aliphatic rings. The normalized spacial score (nSPS) is 20.5. The van der Waals surface area contributed by atoms with E-state index in [0.717, 1.165) is 18.6 Å². The summed E-state index contributed by atoms with van der Waals surface area (Å²) >= 11 is 0. The predicted octanol–water partition coefficient (Wildman–Crippen LogP) is 1.30. The van der Waals surface area contributed by atoms with Gasteiger partial charge in [0.05, 0.1) is 6.61 Å². The van der Waals surface area contributed by atoms with Crippen LogP contribution in [0, 0.1) is 12.8 Å². The Labute approximate surface area is 166 Å². The fourth-order valence-corrected chi connectivity index (χ4v) is 3.71. The number of amides is 3. The molecule has 2 fully saturated rings. The molecule has 0 saturated carbocycles. The molecule has 2 aliphatic heterocycles. The summed E-state index contributed by atoms with van der Waals surface area (Å²) in [5.41, 5.74) is 1.19. The Morgan fingerprint density at radius 3 is 2.46 bits per heavy atom. The number of piperazine rings is 1. The minimum Gasteiger partial charge on any atom is -0.493 e. The van der Waals surface area contributed by atoms with Crippen LogP contribution >= 0.6 is 0 Å². The van der Waals surface area contributed by atoms with Gasteiger partial charge in [-0.3, -0.25) is 14.4 Å². The smallest absolute Gasteiger partial charge is 0.312 e. The SMILES string of the molecule is CCN1CCN(CC(=O)N2CCCC(COc3ccc(C)cc3)C2)C(=O)C1=O. The van der Waals surface area contributed by atoms with Crippen LogP contribution in [0.1, 0.15) is 25.3 Å². The van der Waals surface area contributed by atoms with Crippen LogP contribution in [0.4, 0.5) is 0 Å². The van der Waals surface area contributed by atoms with Crippen LogP contribution in [0.2, 0.25) is 0 Å². The lowest BCUT2D eigenvalue weighted by atomic mass is 9.99. The van der Waals surface area contributed by atoms with Crippen molar-refractivity contribution in [2.75, 3.05) is 45.9 Å². The van der Waals surface area contributed by atoms with Crippen LogP contribution in [-0.2, 0) is 14.4 Å². The van der Waals surface area contributed by atoms with E-state index < -0.39 is 11.8 Å². The Bertz CT molecular complexity index is 719. The molecule has 0 N–H and O–H groups in total. The molecule has 7 heteroatoms. The first-order chi connectivity index (χ1) is 13.5. The van der Waals surface area contributed by atoms with Gasteiger partial charge in [-0.15, -0.1) is 0 Å². The molecule has 2 saturated heterocycles. The second-order valence-electron chi connectivity index (χ2n) is 7.58. The lowest BCUT2D eigenvalue weighted by molar-refractivity contribution is -0.157. The summed E-state index contributed by atoms with van der Waals surface area (Å²) in [7, 11) is 0. The third kappa shape index (κ3) is 4.82. The summed E-state index contributed by atoms with van der Waals surface area (Å²) in [6.07, 6.45) is 1.94. The van der Waals surface area contributed by atoms with Gasteiger partial charge in [0.2, 0.25) is 5.91 Å². The van der Waals surface area contributed by atoms with Gasteiger partial charge in [0, 0.05) is 38.6 Å². The van der Waals surface area contributed by atoms with Gasteiger partial charge >= 0.3 is 11.8 Å². The first-order valence-electron chi connectivity index (χ1n) is 10.0. The maximum absolute atomic E-state index is 12.7. The number of benzene rings is 1. The zero-order chi connectivity index (χ0) is 20.1. The maximum Gasteiger partial charge on any atom is 0.312 e. The number of aryl methyl sites for hydroxylation is 1. The Balaban J connectivity index is 1.49. The van der Waals surface area contributed by atoms with E-state index in [-0.39, 0.29) is 18.4 Å². The molecule has 0 radical (unpaired) electrons. The van der Waals surface area contributed by atoms with Gasteiger partial charge in [0.1, 0.15) is 12.3 Å². The van der Waals surface area contributed by atoms with E-state index in [9.17, 15) is 14.4 Å². The van der Waals surface area contributed by atoms with Gasteiger partial charge in [-0.25, -0.2) is 0 Å². The summed E-state index contributed by atoms with van der Waals surface area (Å²) in [5.74, 6) is -0.0614. The number of piperidine rings is 1. The zero-order valence-corrected chi connectivity index (χ0v) is 16.7. The Kier molecular flexibility index (Phi) is 6.54. The Morgan fingerprint density at radius 1 is 1.07 bits per heavy atom. The van der Waals surface area contributed by atoms with Crippen molar-refractivity contribution >= 4 is 17.7 Å². The number of carbonyl (C=O) groups is 3. The summed E-state index contributed by atoms with van der Waals surface area (Å²) < 4.78 is 5.88. The molecule has 0 spiro atoms. The van der Waals surface area contributed by atoms with Gasteiger partial charge < -0.3 is 19.4 Å². The summed E-state index contributed by atoms with van der Waals surface area (Å²) in [5, 5.41) is 0. The maximum atomic E-state index is 12.7. The van der Waals surface area contributed by atoms with Gasteiger partial charge in [0.15, 0.2) is 0 Å². The zero-order valence-electron chi connectivity index (χ0n) is 16.7. The van der Waals surface area contributed by atoms with Crippen molar-refractivity contribution in [3.8, 4) is 5.75 Å². The van der Waals surface area contributed by atoms with E-state index in [0.29, 0.717) is 39.3 Å². The van der Waals surface area contributed by atoms with Gasteiger partial charge in [0.25, 0.3) is 0 Å². The molecule has 3 amide bonds. The minimum absolute atomic E-state index is 0.0202. The molecule has 2 heterocycles. The topological polar surface area (TPSA) is 70.2 Å². The van der Waals surface area contributed by atoms with Crippen molar-refractivity contribution in [1.29, 1.82) is 0 Å². The molecule has 1 aromatic rings. The number of hydrogen-bond acceptors (Lipinski definition) is 4. The van der Waals surface area contributed by atoms with Gasteiger partial charge in [-0.1, -0.05) is 17.7 Å². The van der Waals surface area contributed by atoms with Crippen molar-refractivity contribution in [2.45, 2.75) is 26.7 Å². The minimum atomic E-state index is -0.572. The number of likely N-dealkylation sites (tertiary alicyclic amines) is 1. The number of nitrogens with zero attached hydrogens (tertiary/aromatic N) is 3. The van der Waals surface area contributed by atoms with E-state index in [1.165, 1.54) is 15.4 Å². The van der Waals surface area contributed by atoms with E-state index in [2.05, 4.69) is 0 Å². The van der Waals surface area contributed by atoms with Crippen molar-refractivity contribution in [1.82, 2.24) is 14.7 Å². The monoisotopic (exact) mass is 387 g/mol. The van der Waals surface area contributed by atoms with E-state index in [4.69, 9.17) is 4.74 Å². The third-order valence-electron chi connectivity index (χ3n) is 5.48. The van der Waals surface area contributed by atoms with Gasteiger partial charge in [-0.2, -0.15) is 0 Å². The Hall–Kier alpha value is -2.57. The molecular formula is C21H29N3O4. The fourth-order valence-electron chi connectivity index (χ4n) is 3.71. The van der Waals surface area contributed by atoms with Crippen LogP contribution in [-0.4, -0.2) is 78.3 Å². The first-order valence-corrected chi connectivity index (χ1v) is 10.0. The quantitative estimate of drug-likeness (QED) is 0.690. The first kappa shape index (κ1) is 20.2. The van der Waals surface area contributed by atoms with Crippen molar-refractivity contribution in [3.05, 3.63) is 29.8 Å². The highest BCUT2D eigenvalue weighted by Gasteiger charge is 2.34. The van der Waals surface area contributed by atoms with E-state index in [1.54, 1.807) is 4.90 Å². The highest BCUT2D eigenvalue weighted by atomic mass is 16.5. The lowest BCUT2D eigenvalue weighted by Crippen LogP contribution is -2.57. The number of rotatable bonds is 6. The number of ether oxygens (including phenoxy) is 1. The molecule has 7 nitrogen and oxygen atoms in total. The van der Waals surface area contributed by atoms with Crippen molar-refractivity contribution in [3.63, 3.8) is 0 Å². The van der Waals surface area contributed by atoms with E-state index >= 15 is 0 Å². The van der Waals surface area contributed by atoms with E-state index in [1.807, 2.05) is 38.1 Å². The van der Waals surface area contributed by atoms with Crippen LogP contribution in [0.25, 0.3) is 0 Å². The van der Waals surface area contributed by atoms with Crippen LogP contribution in [0.3, 0.4) is 0 Å². The van der Waals surface area contributed by atoms with Gasteiger partial charge in [-0.05, 0) is 38.8 Å². The molecule has 152 valence electrons. The molecule has 1 aromatic carbocycles. The average Bonchev–Trinajstić information content (AvgIpc) is 2.71. The average molecular weight is 387 g/mol.